The van der Waals surface area contributed by atoms with Crippen molar-refractivity contribution in [2.75, 3.05) is 16.8 Å². The normalized spacial score (nSPS) is 10.3. The molecule has 6 heteroatoms. The van der Waals surface area contributed by atoms with Crippen LogP contribution in [0.2, 0.25) is 0 Å². The highest BCUT2D eigenvalue weighted by Gasteiger charge is 2.09. The number of anilines is 1. The molecule has 23 heavy (non-hydrogen) atoms. The largest absolute Gasteiger partial charge is 0.369 e. The highest BCUT2D eigenvalue weighted by molar-refractivity contribution is 8.00. The van der Waals surface area contributed by atoms with Gasteiger partial charge in [0.2, 0.25) is 11.8 Å². The molecule has 0 saturated heterocycles. The Hall–Kier alpha value is -1.92. The summed E-state index contributed by atoms with van der Waals surface area (Å²) in [6, 6.07) is 15.4. The second-order valence-corrected chi connectivity index (χ2v) is 6.89. The molecule has 0 aromatic heterocycles. The van der Waals surface area contributed by atoms with Gasteiger partial charge < -0.3 is 11.1 Å². The first-order valence-electron chi connectivity index (χ1n) is 7.04. The number of nitrogens with one attached hydrogen (secondary N) is 1. The minimum Gasteiger partial charge on any atom is -0.369 e. The average Bonchev–Trinajstić information content (AvgIpc) is 2.53. The topological polar surface area (TPSA) is 72.2 Å². The van der Waals surface area contributed by atoms with Gasteiger partial charge in [0.1, 0.15) is 0 Å². The molecular formula is C17H18N2O2S2. The van der Waals surface area contributed by atoms with Gasteiger partial charge in [0.05, 0.1) is 17.2 Å². The smallest absolute Gasteiger partial charge is 0.234 e. The Morgan fingerprint density at radius 2 is 1.57 bits per heavy atom. The number of benzene rings is 2. The molecule has 0 saturated carbocycles. The first kappa shape index (κ1) is 17.4. The number of para-hydroxylation sites is 1. The maximum atomic E-state index is 12.2. The Labute approximate surface area is 144 Å². The van der Waals surface area contributed by atoms with Crippen LogP contribution in [0.3, 0.4) is 0 Å². The van der Waals surface area contributed by atoms with Gasteiger partial charge in [0.15, 0.2) is 0 Å². The first-order valence-corrected chi connectivity index (χ1v) is 9.02. The van der Waals surface area contributed by atoms with Gasteiger partial charge in [-0.2, -0.15) is 0 Å². The molecule has 0 unspecified atom stereocenters. The van der Waals surface area contributed by atoms with E-state index in [1.807, 2.05) is 55.5 Å². The molecule has 0 aliphatic heterocycles. The lowest BCUT2D eigenvalue weighted by Gasteiger charge is -2.10. The van der Waals surface area contributed by atoms with Gasteiger partial charge in [0, 0.05) is 9.79 Å². The second-order valence-electron chi connectivity index (χ2n) is 4.85. The number of rotatable bonds is 7. The van der Waals surface area contributed by atoms with E-state index in [1.54, 1.807) is 0 Å². The first-order chi connectivity index (χ1) is 11.1. The Balaban J connectivity index is 1.95. The molecule has 0 atom stereocenters. The zero-order valence-corrected chi connectivity index (χ0v) is 14.4. The van der Waals surface area contributed by atoms with E-state index in [0.29, 0.717) is 11.4 Å². The van der Waals surface area contributed by atoms with Crippen molar-refractivity contribution in [3.63, 3.8) is 0 Å². The molecule has 4 nitrogen and oxygen atoms in total. The predicted octanol–water partition coefficient (Wildman–Crippen LogP) is 3.30. The summed E-state index contributed by atoms with van der Waals surface area (Å²) < 4.78 is 0. The highest BCUT2D eigenvalue weighted by atomic mass is 32.2. The van der Waals surface area contributed by atoms with Crippen molar-refractivity contribution in [2.24, 2.45) is 5.73 Å². The molecule has 0 heterocycles. The van der Waals surface area contributed by atoms with Crippen LogP contribution in [0.25, 0.3) is 0 Å². The fraction of sp³-hybridized carbons (Fsp3) is 0.176. The minimum absolute atomic E-state index is 0.0784. The van der Waals surface area contributed by atoms with Gasteiger partial charge >= 0.3 is 0 Å². The van der Waals surface area contributed by atoms with E-state index in [2.05, 4.69) is 5.32 Å². The summed E-state index contributed by atoms with van der Waals surface area (Å²) in [4.78, 5) is 25.0. The van der Waals surface area contributed by atoms with Crippen molar-refractivity contribution >= 4 is 41.0 Å². The Morgan fingerprint density at radius 3 is 2.26 bits per heavy atom. The number of primary amides is 1. The molecule has 0 aliphatic carbocycles. The molecule has 0 aliphatic rings. The van der Waals surface area contributed by atoms with E-state index >= 15 is 0 Å². The molecule has 120 valence electrons. The van der Waals surface area contributed by atoms with E-state index in [9.17, 15) is 9.59 Å². The zero-order chi connectivity index (χ0) is 16.7. The van der Waals surface area contributed by atoms with Crippen LogP contribution in [0, 0.1) is 6.92 Å². The molecule has 3 N–H and O–H groups in total. The van der Waals surface area contributed by atoms with Crippen LogP contribution in [-0.2, 0) is 9.59 Å². The minimum atomic E-state index is -0.383. The molecule has 0 bridgehead atoms. The number of nitrogens with two attached hydrogens (primary N) is 1. The third kappa shape index (κ3) is 5.65. The van der Waals surface area contributed by atoms with Gasteiger partial charge in [-0.05, 0) is 30.7 Å². The number of carbonyl (C=O) groups is 2. The number of amides is 2. The molecular weight excluding hydrogens is 328 g/mol. The van der Waals surface area contributed by atoms with E-state index in [0.717, 1.165) is 15.4 Å². The van der Waals surface area contributed by atoms with Crippen molar-refractivity contribution in [1.29, 1.82) is 0 Å². The lowest BCUT2D eigenvalue weighted by atomic mass is 10.2. The van der Waals surface area contributed by atoms with Crippen LogP contribution in [0.4, 0.5) is 5.69 Å². The monoisotopic (exact) mass is 346 g/mol. The maximum absolute atomic E-state index is 12.2. The molecule has 0 fully saturated rings. The SMILES string of the molecule is Cc1ccccc1SCC(=O)Nc1ccccc1SCC(N)=O. The number of thioether (sulfide) groups is 2. The predicted molar refractivity (Wildman–Crippen MR) is 96.9 cm³/mol. The maximum Gasteiger partial charge on any atom is 0.234 e. The van der Waals surface area contributed by atoms with Gasteiger partial charge in [0.25, 0.3) is 0 Å². The van der Waals surface area contributed by atoms with Gasteiger partial charge in [-0.25, -0.2) is 0 Å². The van der Waals surface area contributed by atoms with Crippen molar-refractivity contribution < 1.29 is 9.59 Å². The summed E-state index contributed by atoms with van der Waals surface area (Å²) in [5.41, 5.74) is 7.03. The van der Waals surface area contributed by atoms with Gasteiger partial charge in [-0.15, -0.1) is 23.5 Å². The second kappa shape index (κ2) is 8.64. The molecule has 2 amide bonds. The van der Waals surface area contributed by atoms with Crippen LogP contribution >= 0.6 is 23.5 Å². The van der Waals surface area contributed by atoms with Crippen LogP contribution in [0.5, 0.6) is 0 Å². The van der Waals surface area contributed by atoms with Crippen LogP contribution in [-0.4, -0.2) is 23.3 Å². The number of hydrogen-bond acceptors (Lipinski definition) is 4. The van der Waals surface area contributed by atoms with Crippen LogP contribution in [0.1, 0.15) is 5.56 Å². The number of hydrogen-bond donors (Lipinski definition) is 2. The summed E-state index contributed by atoms with van der Waals surface area (Å²) in [6.45, 7) is 2.02. The van der Waals surface area contributed by atoms with Crippen LogP contribution < -0.4 is 11.1 Å². The van der Waals surface area contributed by atoms with E-state index in [-0.39, 0.29) is 17.6 Å². The third-order valence-electron chi connectivity index (χ3n) is 2.98. The van der Waals surface area contributed by atoms with Crippen molar-refractivity contribution in [2.45, 2.75) is 16.7 Å². The van der Waals surface area contributed by atoms with Crippen LogP contribution in [0.15, 0.2) is 58.3 Å². The zero-order valence-electron chi connectivity index (χ0n) is 12.7. The summed E-state index contributed by atoms with van der Waals surface area (Å²) in [7, 11) is 0. The Bertz CT molecular complexity index is 704. The number of aryl methyl sites for hydroxylation is 1. The molecule has 2 aromatic carbocycles. The Kier molecular flexibility index (Phi) is 6.55. The summed E-state index contributed by atoms with van der Waals surface area (Å²) in [6.07, 6.45) is 0. The summed E-state index contributed by atoms with van der Waals surface area (Å²) >= 11 is 2.82. The lowest BCUT2D eigenvalue weighted by Crippen LogP contribution is -2.16. The summed E-state index contributed by atoms with van der Waals surface area (Å²) in [5, 5.41) is 2.89. The van der Waals surface area contributed by atoms with E-state index in [1.165, 1.54) is 23.5 Å². The number of carbonyl (C=O) groups excluding carboxylic acids is 2. The molecule has 2 rings (SSSR count). The standard InChI is InChI=1S/C17H18N2O2S2/c1-12-6-2-4-8-14(12)23-11-17(21)19-13-7-3-5-9-15(13)22-10-16(18)20/h2-9H,10-11H2,1H3,(H2,18,20)(H,19,21). The fourth-order valence-corrected chi connectivity index (χ4v) is 3.47. The highest BCUT2D eigenvalue weighted by Crippen LogP contribution is 2.27. The summed E-state index contributed by atoms with van der Waals surface area (Å²) in [5.74, 6) is 0.0569. The van der Waals surface area contributed by atoms with Gasteiger partial charge in [-0.1, -0.05) is 30.3 Å². The quantitative estimate of drug-likeness (QED) is 0.755. The Morgan fingerprint density at radius 1 is 0.957 bits per heavy atom. The molecule has 2 aromatic rings. The van der Waals surface area contributed by atoms with Crippen molar-refractivity contribution in [3.8, 4) is 0 Å². The van der Waals surface area contributed by atoms with Gasteiger partial charge in [-0.3, -0.25) is 9.59 Å². The van der Waals surface area contributed by atoms with Crippen molar-refractivity contribution in [1.82, 2.24) is 0 Å². The van der Waals surface area contributed by atoms with E-state index in [4.69, 9.17) is 5.73 Å². The van der Waals surface area contributed by atoms with Crippen molar-refractivity contribution in [3.05, 3.63) is 54.1 Å². The third-order valence-corrected chi connectivity index (χ3v) is 5.25. The molecule has 0 radical (unpaired) electrons. The van der Waals surface area contributed by atoms with E-state index < -0.39 is 0 Å². The molecule has 0 spiro atoms. The average molecular weight is 346 g/mol. The fourth-order valence-electron chi connectivity index (χ4n) is 1.89. The lowest BCUT2D eigenvalue weighted by molar-refractivity contribution is -0.115.